The molecule has 0 aliphatic carbocycles. The summed E-state index contributed by atoms with van der Waals surface area (Å²) in [6.07, 6.45) is -0.0670. The maximum Gasteiger partial charge on any atom is 0.323 e. The van der Waals surface area contributed by atoms with Crippen molar-refractivity contribution < 1.29 is 15.0 Å². The van der Waals surface area contributed by atoms with E-state index >= 15 is 0 Å². The number of carboxylic acids is 1. The van der Waals surface area contributed by atoms with Crippen LogP contribution < -0.4 is 11.5 Å². The molecule has 2 atom stereocenters. The van der Waals surface area contributed by atoms with Crippen LogP contribution in [0.5, 0.6) is 0 Å². The first-order valence-corrected chi connectivity index (χ1v) is 3.46. The Balaban J connectivity index is 3.63. The first-order chi connectivity index (χ1) is 5.09. The predicted molar refractivity (Wildman–Crippen MR) is 39.9 cm³/mol. The van der Waals surface area contributed by atoms with Crippen LogP contribution in [0.1, 0.15) is 12.8 Å². The van der Waals surface area contributed by atoms with Gasteiger partial charge in [-0.1, -0.05) is 0 Å². The number of carboxylic acid groups (broad SMARTS) is 1. The number of carbonyl (C=O) groups is 1. The Hall–Kier alpha value is -0.650. The highest BCUT2D eigenvalue weighted by Gasteiger charge is 2.20. The van der Waals surface area contributed by atoms with Crippen molar-refractivity contribution >= 4 is 5.97 Å². The summed E-state index contributed by atoms with van der Waals surface area (Å²) in [5, 5.41) is 17.4. The van der Waals surface area contributed by atoms with E-state index in [1.165, 1.54) is 0 Å². The molecule has 0 aromatic rings. The van der Waals surface area contributed by atoms with Gasteiger partial charge < -0.3 is 21.7 Å². The molecule has 1 unspecified atom stereocenters. The fraction of sp³-hybridized carbons (Fsp3) is 0.833. The van der Waals surface area contributed by atoms with Crippen LogP contribution in [0.15, 0.2) is 0 Å². The Labute approximate surface area is 65.0 Å². The van der Waals surface area contributed by atoms with Crippen LogP contribution in [0.2, 0.25) is 0 Å². The lowest BCUT2D eigenvalue weighted by atomic mass is 10.1. The second-order valence-electron chi connectivity index (χ2n) is 2.36. The molecule has 0 rings (SSSR count). The Morgan fingerprint density at radius 3 is 2.45 bits per heavy atom. The van der Waals surface area contributed by atoms with Gasteiger partial charge in [-0.2, -0.15) is 0 Å². The maximum absolute atomic E-state index is 10.2. The van der Waals surface area contributed by atoms with Crippen molar-refractivity contribution in [1.29, 1.82) is 0 Å². The topological polar surface area (TPSA) is 110 Å². The summed E-state index contributed by atoms with van der Waals surface area (Å²) in [5.41, 5.74) is 10.3. The molecule has 5 heteroatoms. The van der Waals surface area contributed by atoms with Gasteiger partial charge in [0.05, 0.1) is 6.10 Å². The lowest BCUT2D eigenvalue weighted by Crippen LogP contribution is -2.41. The molecule has 0 saturated carbocycles. The van der Waals surface area contributed by atoms with E-state index in [1.807, 2.05) is 0 Å². The van der Waals surface area contributed by atoms with E-state index in [-0.39, 0.29) is 0 Å². The number of hydrogen-bond acceptors (Lipinski definition) is 4. The largest absolute Gasteiger partial charge is 0.480 e. The molecule has 0 spiro atoms. The van der Waals surface area contributed by atoms with Crippen molar-refractivity contribution in [2.24, 2.45) is 11.5 Å². The first kappa shape index (κ1) is 10.3. The van der Waals surface area contributed by atoms with Crippen LogP contribution >= 0.6 is 0 Å². The molecule has 0 saturated heterocycles. The molecular formula is C6H14N2O3. The van der Waals surface area contributed by atoms with Gasteiger partial charge in [0.2, 0.25) is 0 Å². The van der Waals surface area contributed by atoms with E-state index in [0.29, 0.717) is 19.4 Å². The minimum Gasteiger partial charge on any atom is -0.480 e. The molecule has 0 radical (unpaired) electrons. The predicted octanol–water partition coefficient (Wildman–Crippen LogP) is -1.50. The van der Waals surface area contributed by atoms with Crippen molar-refractivity contribution in [3.8, 4) is 0 Å². The molecule has 0 aromatic carbocycles. The molecule has 6 N–H and O–H groups in total. The zero-order chi connectivity index (χ0) is 8.85. The smallest absolute Gasteiger partial charge is 0.323 e. The van der Waals surface area contributed by atoms with Crippen molar-refractivity contribution in [2.75, 3.05) is 6.54 Å². The minimum absolute atomic E-state index is 0.337. The number of nitrogens with two attached hydrogens (primary N) is 2. The van der Waals surface area contributed by atoms with Gasteiger partial charge in [-0.05, 0) is 19.4 Å². The lowest BCUT2D eigenvalue weighted by Gasteiger charge is -2.13. The summed E-state index contributed by atoms with van der Waals surface area (Å²) in [6.45, 7) is 0.434. The highest BCUT2D eigenvalue weighted by Crippen LogP contribution is 1.99. The number of aliphatic carboxylic acids is 1. The number of rotatable bonds is 5. The third kappa shape index (κ3) is 3.92. The SMILES string of the molecule is NCCCC(O)[C@H](N)C(=O)O. The molecule has 0 aliphatic rings. The summed E-state index contributed by atoms with van der Waals surface area (Å²) in [6, 6.07) is -1.19. The second kappa shape index (κ2) is 5.06. The van der Waals surface area contributed by atoms with Gasteiger partial charge in [-0.3, -0.25) is 4.79 Å². The number of hydrogen-bond donors (Lipinski definition) is 4. The first-order valence-electron chi connectivity index (χ1n) is 3.46. The zero-order valence-electron chi connectivity index (χ0n) is 6.23. The number of aliphatic hydroxyl groups is 1. The fourth-order valence-corrected chi connectivity index (χ4v) is 0.671. The van der Waals surface area contributed by atoms with Gasteiger partial charge in [0.25, 0.3) is 0 Å². The Morgan fingerprint density at radius 1 is 1.55 bits per heavy atom. The molecule has 0 aliphatic heterocycles. The summed E-state index contributed by atoms with van der Waals surface area (Å²) < 4.78 is 0. The van der Waals surface area contributed by atoms with Gasteiger partial charge >= 0.3 is 5.97 Å². The maximum atomic E-state index is 10.2. The highest BCUT2D eigenvalue weighted by molar-refractivity contribution is 5.73. The van der Waals surface area contributed by atoms with Crippen molar-refractivity contribution in [3.63, 3.8) is 0 Å². The summed E-state index contributed by atoms with van der Waals surface area (Å²) in [5.74, 6) is -1.19. The van der Waals surface area contributed by atoms with Crippen LogP contribution in [0, 0.1) is 0 Å². The fourth-order valence-electron chi connectivity index (χ4n) is 0.671. The normalized spacial score (nSPS) is 15.9. The Morgan fingerprint density at radius 2 is 2.09 bits per heavy atom. The van der Waals surface area contributed by atoms with E-state index in [4.69, 9.17) is 21.7 Å². The monoisotopic (exact) mass is 162 g/mol. The summed E-state index contributed by atoms with van der Waals surface area (Å²) in [7, 11) is 0. The van der Waals surface area contributed by atoms with Gasteiger partial charge in [0, 0.05) is 0 Å². The third-order valence-corrected chi connectivity index (χ3v) is 1.40. The van der Waals surface area contributed by atoms with Crippen molar-refractivity contribution in [3.05, 3.63) is 0 Å². The average Bonchev–Trinajstić information content (AvgIpc) is 1.98. The summed E-state index contributed by atoms with van der Waals surface area (Å²) in [4.78, 5) is 10.2. The minimum atomic E-state index is -1.19. The summed E-state index contributed by atoms with van der Waals surface area (Å²) >= 11 is 0. The van der Waals surface area contributed by atoms with Crippen LogP contribution in [-0.4, -0.2) is 34.9 Å². The standard InChI is InChI=1S/C6H14N2O3/c7-3-1-2-4(9)5(8)6(10)11/h4-5,9H,1-3,7-8H2,(H,10,11)/t4?,5-/m0/s1. The molecule has 0 amide bonds. The molecule has 0 fully saturated rings. The molecule has 11 heavy (non-hydrogen) atoms. The molecule has 0 aromatic heterocycles. The molecule has 0 heterocycles. The van der Waals surface area contributed by atoms with Crippen LogP contribution in [0.25, 0.3) is 0 Å². The van der Waals surface area contributed by atoms with Crippen molar-refractivity contribution in [1.82, 2.24) is 0 Å². The van der Waals surface area contributed by atoms with Gasteiger partial charge in [-0.15, -0.1) is 0 Å². The lowest BCUT2D eigenvalue weighted by molar-refractivity contribution is -0.141. The van der Waals surface area contributed by atoms with Gasteiger partial charge in [0.15, 0.2) is 0 Å². The van der Waals surface area contributed by atoms with E-state index in [2.05, 4.69) is 0 Å². The molecule has 66 valence electrons. The third-order valence-electron chi connectivity index (χ3n) is 1.40. The van der Waals surface area contributed by atoms with Crippen LogP contribution in [0.3, 0.4) is 0 Å². The Bertz CT molecular complexity index is 129. The van der Waals surface area contributed by atoms with Crippen LogP contribution in [0.4, 0.5) is 0 Å². The molecular weight excluding hydrogens is 148 g/mol. The molecule has 0 bridgehead atoms. The van der Waals surface area contributed by atoms with E-state index in [0.717, 1.165) is 0 Å². The van der Waals surface area contributed by atoms with E-state index in [9.17, 15) is 4.79 Å². The average molecular weight is 162 g/mol. The quantitative estimate of drug-likeness (QED) is 0.393. The second-order valence-corrected chi connectivity index (χ2v) is 2.36. The van der Waals surface area contributed by atoms with E-state index < -0.39 is 18.1 Å². The molecule has 5 nitrogen and oxygen atoms in total. The highest BCUT2D eigenvalue weighted by atomic mass is 16.4. The number of aliphatic hydroxyl groups excluding tert-OH is 1. The zero-order valence-corrected chi connectivity index (χ0v) is 6.23. The van der Waals surface area contributed by atoms with Crippen molar-refractivity contribution in [2.45, 2.75) is 25.0 Å². The van der Waals surface area contributed by atoms with Crippen LogP contribution in [-0.2, 0) is 4.79 Å². The van der Waals surface area contributed by atoms with Gasteiger partial charge in [-0.25, -0.2) is 0 Å². The van der Waals surface area contributed by atoms with E-state index in [1.54, 1.807) is 0 Å². The Kier molecular flexibility index (Phi) is 4.76. The van der Waals surface area contributed by atoms with Gasteiger partial charge in [0.1, 0.15) is 6.04 Å².